The molecular formula is C23H21N3O2. The predicted molar refractivity (Wildman–Crippen MR) is 111 cm³/mol. The van der Waals surface area contributed by atoms with Crippen molar-refractivity contribution in [1.29, 1.82) is 0 Å². The number of nitrogens with zero attached hydrogens (tertiary/aromatic N) is 2. The van der Waals surface area contributed by atoms with Crippen molar-refractivity contribution in [3.05, 3.63) is 90.3 Å². The lowest BCUT2D eigenvalue weighted by Gasteiger charge is -2.07. The Morgan fingerprint density at radius 1 is 1.04 bits per heavy atom. The number of anilines is 1. The van der Waals surface area contributed by atoms with E-state index in [1.807, 2.05) is 47.3 Å². The number of methoxy groups -OCH3 is 1. The molecule has 5 nitrogen and oxygen atoms in total. The zero-order chi connectivity index (χ0) is 19.3. The summed E-state index contributed by atoms with van der Waals surface area (Å²) in [4.78, 5) is 12.3. The highest BCUT2D eigenvalue weighted by Gasteiger charge is 2.08. The van der Waals surface area contributed by atoms with Gasteiger partial charge in [0.05, 0.1) is 32.0 Å². The molecule has 0 aliphatic carbocycles. The van der Waals surface area contributed by atoms with Gasteiger partial charge in [0.25, 0.3) is 0 Å². The molecule has 1 heterocycles. The highest BCUT2D eigenvalue weighted by molar-refractivity contribution is 5.92. The Kier molecular flexibility index (Phi) is 5.06. The normalized spacial score (nSPS) is 10.8. The molecule has 0 bridgehead atoms. The van der Waals surface area contributed by atoms with E-state index in [2.05, 4.69) is 40.7 Å². The van der Waals surface area contributed by atoms with Gasteiger partial charge >= 0.3 is 0 Å². The fraction of sp³-hybridized carbons (Fsp3) is 0.130. The largest absolute Gasteiger partial charge is 0.497 e. The first-order chi connectivity index (χ1) is 13.7. The zero-order valence-corrected chi connectivity index (χ0v) is 15.6. The van der Waals surface area contributed by atoms with E-state index < -0.39 is 0 Å². The minimum Gasteiger partial charge on any atom is -0.497 e. The number of hydrogen-bond acceptors (Lipinski definition) is 3. The predicted octanol–water partition coefficient (Wildman–Crippen LogP) is 4.27. The van der Waals surface area contributed by atoms with Crippen LogP contribution in [0.25, 0.3) is 10.8 Å². The summed E-state index contributed by atoms with van der Waals surface area (Å²) in [5.41, 5.74) is 2.82. The van der Waals surface area contributed by atoms with Crippen LogP contribution >= 0.6 is 0 Å². The van der Waals surface area contributed by atoms with Gasteiger partial charge in [-0.1, -0.05) is 54.6 Å². The number of ether oxygens (including phenoxy) is 1. The summed E-state index contributed by atoms with van der Waals surface area (Å²) in [5.74, 6) is 0.703. The van der Waals surface area contributed by atoms with Gasteiger partial charge in [-0.15, -0.1) is 0 Å². The van der Waals surface area contributed by atoms with Gasteiger partial charge in [-0.2, -0.15) is 5.10 Å². The molecule has 0 atom stereocenters. The molecule has 3 aromatic carbocycles. The summed E-state index contributed by atoms with van der Waals surface area (Å²) >= 11 is 0. The van der Waals surface area contributed by atoms with Crippen LogP contribution in [0.15, 0.2) is 79.1 Å². The van der Waals surface area contributed by atoms with Crippen LogP contribution in [0.5, 0.6) is 5.75 Å². The first kappa shape index (κ1) is 17.8. The monoisotopic (exact) mass is 371 g/mol. The lowest BCUT2D eigenvalue weighted by atomic mass is 10.0. The van der Waals surface area contributed by atoms with E-state index in [-0.39, 0.29) is 5.91 Å². The van der Waals surface area contributed by atoms with E-state index in [9.17, 15) is 4.79 Å². The van der Waals surface area contributed by atoms with Crippen LogP contribution in [0.2, 0.25) is 0 Å². The second-order valence-corrected chi connectivity index (χ2v) is 6.64. The molecule has 28 heavy (non-hydrogen) atoms. The maximum Gasteiger partial charge on any atom is 0.228 e. The van der Waals surface area contributed by atoms with Crippen molar-refractivity contribution in [2.75, 3.05) is 12.4 Å². The molecule has 0 aliphatic heterocycles. The number of hydrogen-bond donors (Lipinski definition) is 1. The number of nitrogens with one attached hydrogen (secondary N) is 1. The van der Waals surface area contributed by atoms with Crippen molar-refractivity contribution in [2.24, 2.45) is 0 Å². The van der Waals surface area contributed by atoms with Crippen molar-refractivity contribution in [3.63, 3.8) is 0 Å². The molecule has 4 rings (SSSR count). The topological polar surface area (TPSA) is 56.1 Å². The van der Waals surface area contributed by atoms with E-state index in [0.29, 0.717) is 18.7 Å². The van der Waals surface area contributed by atoms with E-state index >= 15 is 0 Å². The van der Waals surface area contributed by atoms with E-state index in [1.165, 1.54) is 16.3 Å². The average molecular weight is 371 g/mol. The van der Waals surface area contributed by atoms with Gasteiger partial charge in [-0.25, -0.2) is 0 Å². The first-order valence-corrected chi connectivity index (χ1v) is 9.13. The molecule has 0 aliphatic rings. The van der Waals surface area contributed by atoms with Gasteiger partial charge in [-0.05, 0) is 34.0 Å². The Hall–Kier alpha value is -3.60. The summed E-state index contributed by atoms with van der Waals surface area (Å²) in [6, 6.07) is 22.0. The minimum absolute atomic E-state index is 0.0742. The Balaban J connectivity index is 1.41. The second-order valence-electron chi connectivity index (χ2n) is 6.64. The third-order valence-electron chi connectivity index (χ3n) is 4.65. The first-order valence-electron chi connectivity index (χ1n) is 9.13. The number of rotatable bonds is 6. The number of amides is 1. The number of benzene rings is 3. The molecule has 4 aromatic rings. The van der Waals surface area contributed by atoms with Crippen molar-refractivity contribution in [1.82, 2.24) is 9.78 Å². The molecule has 0 fully saturated rings. The lowest BCUT2D eigenvalue weighted by molar-refractivity contribution is -0.115. The van der Waals surface area contributed by atoms with E-state index in [1.54, 1.807) is 13.3 Å². The van der Waals surface area contributed by atoms with Gasteiger partial charge in [0.1, 0.15) is 5.75 Å². The van der Waals surface area contributed by atoms with E-state index in [4.69, 9.17) is 4.74 Å². The Morgan fingerprint density at radius 2 is 1.82 bits per heavy atom. The summed E-state index contributed by atoms with van der Waals surface area (Å²) < 4.78 is 6.97. The standard InChI is InChI=1S/C23H21N3O2/c1-28-21-11-9-17(10-12-21)13-23(27)25-20-14-24-26(16-20)15-19-7-4-6-18-5-2-3-8-22(18)19/h2-12,14,16H,13,15H2,1H3,(H,25,27). The van der Waals surface area contributed by atoms with Crippen LogP contribution in [0.3, 0.4) is 0 Å². The number of carbonyl (C=O) groups excluding carboxylic acids is 1. The molecule has 0 radical (unpaired) electrons. The smallest absolute Gasteiger partial charge is 0.228 e. The molecule has 140 valence electrons. The quantitative estimate of drug-likeness (QED) is 0.551. The SMILES string of the molecule is COc1ccc(CC(=O)Nc2cnn(Cc3cccc4ccccc34)c2)cc1. The molecule has 1 amide bonds. The van der Waals surface area contributed by atoms with Crippen molar-refractivity contribution in [3.8, 4) is 5.75 Å². The second kappa shape index (κ2) is 7.96. The van der Waals surface area contributed by atoms with Crippen molar-refractivity contribution >= 4 is 22.4 Å². The van der Waals surface area contributed by atoms with Crippen LogP contribution in [0.4, 0.5) is 5.69 Å². The van der Waals surface area contributed by atoms with Crippen LogP contribution < -0.4 is 10.1 Å². The maximum absolute atomic E-state index is 12.3. The lowest BCUT2D eigenvalue weighted by Crippen LogP contribution is -2.14. The summed E-state index contributed by atoms with van der Waals surface area (Å²) in [6.45, 7) is 0.649. The summed E-state index contributed by atoms with van der Waals surface area (Å²) in [6.07, 6.45) is 3.84. The number of carbonyl (C=O) groups is 1. The highest BCUT2D eigenvalue weighted by atomic mass is 16.5. The van der Waals surface area contributed by atoms with Crippen molar-refractivity contribution < 1.29 is 9.53 Å². The Labute approximate surface area is 163 Å². The van der Waals surface area contributed by atoms with Crippen LogP contribution in [0.1, 0.15) is 11.1 Å². The highest BCUT2D eigenvalue weighted by Crippen LogP contribution is 2.20. The van der Waals surface area contributed by atoms with Gasteiger partial charge < -0.3 is 10.1 Å². The van der Waals surface area contributed by atoms with Crippen LogP contribution in [0, 0.1) is 0 Å². The maximum atomic E-state index is 12.3. The zero-order valence-electron chi connectivity index (χ0n) is 15.6. The molecule has 0 saturated heterocycles. The summed E-state index contributed by atoms with van der Waals surface area (Å²) in [7, 11) is 1.62. The minimum atomic E-state index is -0.0742. The molecular weight excluding hydrogens is 350 g/mol. The molecule has 1 N–H and O–H groups in total. The molecule has 0 saturated carbocycles. The molecule has 5 heteroatoms. The third-order valence-corrected chi connectivity index (χ3v) is 4.65. The van der Waals surface area contributed by atoms with Gasteiger partial charge in [-0.3, -0.25) is 9.48 Å². The summed E-state index contributed by atoms with van der Waals surface area (Å²) in [5, 5.41) is 9.72. The average Bonchev–Trinajstić information content (AvgIpc) is 3.15. The van der Waals surface area contributed by atoms with Crippen molar-refractivity contribution in [2.45, 2.75) is 13.0 Å². The molecule has 0 spiro atoms. The number of fused-ring (bicyclic) bond motifs is 1. The molecule has 1 aromatic heterocycles. The van der Waals surface area contributed by atoms with Crippen LogP contribution in [-0.4, -0.2) is 22.8 Å². The van der Waals surface area contributed by atoms with Gasteiger partial charge in [0.15, 0.2) is 0 Å². The van der Waals surface area contributed by atoms with Crippen LogP contribution in [-0.2, 0) is 17.8 Å². The Bertz CT molecular complexity index is 1100. The third kappa shape index (κ3) is 4.04. The van der Waals surface area contributed by atoms with Gasteiger partial charge in [0, 0.05) is 6.20 Å². The van der Waals surface area contributed by atoms with Gasteiger partial charge in [0.2, 0.25) is 5.91 Å². The molecule has 0 unspecified atom stereocenters. The number of aromatic nitrogens is 2. The fourth-order valence-electron chi connectivity index (χ4n) is 3.25. The Morgan fingerprint density at radius 3 is 2.64 bits per heavy atom. The fourth-order valence-corrected chi connectivity index (χ4v) is 3.25. The van der Waals surface area contributed by atoms with E-state index in [0.717, 1.165) is 11.3 Å².